The number of halogens is 10. The van der Waals surface area contributed by atoms with Crippen LogP contribution in [0, 0.1) is 58.2 Å². The van der Waals surface area contributed by atoms with Gasteiger partial charge in [0.1, 0.15) is 0 Å². The van der Waals surface area contributed by atoms with E-state index < -0.39 is 93.1 Å². The van der Waals surface area contributed by atoms with Crippen molar-refractivity contribution in [2.24, 2.45) is 0 Å². The summed E-state index contributed by atoms with van der Waals surface area (Å²) in [5.41, 5.74) is -0.477. The maximum atomic E-state index is 13.9. The molecule has 14 heteroatoms. The molecule has 0 saturated carbocycles. The summed E-state index contributed by atoms with van der Waals surface area (Å²) >= 11 is 0. The van der Waals surface area contributed by atoms with E-state index in [9.17, 15) is 53.5 Å². The van der Waals surface area contributed by atoms with Crippen molar-refractivity contribution in [1.82, 2.24) is 0 Å². The molecule has 0 saturated heterocycles. The van der Waals surface area contributed by atoms with Crippen molar-refractivity contribution in [3.8, 4) is 11.5 Å². The molecule has 0 spiro atoms. The highest BCUT2D eigenvalue weighted by Crippen LogP contribution is 2.33. The third-order valence-corrected chi connectivity index (χ3v) is 4.35. The summed E-state index contributed by atoms with van der Waals surface area (Å²) in [6.45, 7) is 0. The molecule has 0 unspecified atom stereocenters. The lowest BCUT2D eigenvalue weighted by atomic mass is 9.99. The van der Waals surface area contributed by atoms with Crippen molar-refractivity contribution < 1.29 is 63.0 Å². The molecule has 3 aromatic rings. The number of carbonyl (C=O) groups is 2. The Morgan fingerprint density at radius 1 is 0.486 bits per heavy atom. The molecule has 4 nitrogen and oxygen atoms in total. The molecular weight excluding hydrogens is 506 g/mol. The third kappa shape index (κ3) is 4.50. The van der Waals surface area contributed by atoms with E-state index in [1.807, 2.05) is 0 Å². The summed E-state index contributed by atoms with van der Waals surface area (Å²) in [6.07, 6.45) is 0. The number of ether oxygens (including phenoxy) is 2. The standard InChI is InChI=1S/C21H6F10O4/c22-8-10(24)14(28)18(15(29)11(8)25)34-20(32)7(6-4-2-1-3-5-6)21(33)35-19-16(30)12(26)9(23)13(27)17(19)31/h1-5,7H. The second kappa shape index (κ2) is 9.64. The largest absolute Gasteiger partial charge is 0.419 e. The number of hydrogen-bond acceptors (Lipinski definition) is 4. The molecule has 0 radical (unpaired) electrons. The monoisotopic (exact) mass is 512 g/mol. The van der Waals surface area contributed by atoms with Crippen LogP contribution in [-0.4, -0.2) is 11.9 Å². The van der Waals surface area contributed by atoms with E-state index in [-0.39, 0.29) is 0 Å². The minimum absolute atomic E-state index is 0.477. The van der Waals surface area contributed by atoms with Crippen LogP contribution in [0.5, 0.6) is 11.5 Å². The number of esters is 2. The first kappa shape index (κ1) is 25.5. The SMILES string of the molecule is O=C(Oc1c(F)c(F)c(F)c(F)c1F)C(C(=O)Oc1c(F)c(F)c(F)c(F)c1F)c1ccccc1. The Hall–Kier alpha value is -4.10. The Bertz CT molecular complexity index is 1200. The highest BCUT2D eigenvalue weighted by Gasteiger charge is 2.38. The van der Waals surface area contributed by atoms with E-state index in [4.69, 9.17) is 0 Å². The van der Waals surface area contributed by atoms with Gasteiger partial charge in [-0.3, -0.25) is 9.59 Å². The zero-order valence-electron chi connectivity index (χ0n) is 16.4. The fraction of sp³-hybridized carbons (Fsp3) is 0.0476. The number of benzene rings is 3. The predicted molar refractivity (Wildman–Crippen MR) is 92.9 cm³/mol. The lowest BCUT2D eigenvalue weighted by Gasteiger charge is -2.17. The summed E-state index contributed by atoms with van der Waals surface area (Å²) in [6, 6.07) is 5.58. The van der Waals surface area contributed by atoms with Gasteiger partial charge in [-0.25, -0.2) is 26.3 Å². The Labute approximate surface area is 187 Å². The minimum atomic E-state index is -2.59. The zero-order valence-corrected chi connectivity index (χ0v) is 16.4. The van der Waals surface area contributed by atoms with Crippen LogP contribution in [0.2, 0.25) is 0 Å². The summed E-state index contributed by atoms with van der Waals surface area (Å²) < 4.78 is 144. The Kier molecular flexibility index (Phi) is 7.03. The highest BCUT2D eigenvalue weighted by atomic mass is 19.2. The lowest BCUT2D eigenvalue weighted by Crippen LogP contribution is -2.31. The van der Waals surface area contributed by atoms with Crippen molar-refractivity contribution in [2.75, 3.05) is 0 Å². The average molecular weight is 512 g/mol. The number of carbonyl (C=O) groups excluding carboxylic acids is 2. The van der Waals surface area contributed by atoms with Gasteiger partial charge in [0.15, 0.2) is 5.92 Å². The van der Waals surface area contributed by atoms with Crippen LogP contribution in [-0.2, 0) is 9.59 Å². The van der Waals surface area contributed by atoms with Crippen molar-refractivity contribution in [3.05, 3.63) is 94.1 Å². The fourth-order valence-electron chi connectivity index (χ4n) is 2.68. The van der Waals surface area contributed by atoms with Crippen LogP contribution in [0.1, 0.15) is 11.5 Å². The first-order valence-electron chi connectivity index (χ1n) is 8.89. The van der Waals surface area contributed by atoms with Crippen LogP contribution < -0.4 is 9.47 Å². The fourth-order valence-corrected chi connectivity index (χ4v) is 2.68. The van der Waals surface area contributed by atoms with E-state index in [1.165, 1.54) is 18.2 Å². The van der Waals surface area contributed by atoms with Gasteiger partial charge in [-0.1, -0.05) is 30.3 Å². The second-order valence-electron chi connectivity index (χ2n) is 6.48. The van der Waals surface area contributed by atoms with Crippen molar-refractivity contribution >= 4 is 11.9 Å². The van der Waals surface area contributed by atoms with Gasteiger partial charge in [-0.2, -0.15) is 17.6 Å². The molecule has 0 N–H and O–H groups in total. The van der Waals surface area contributed by atoms with Gasteiger partial charge in [0.25, 0.3) is 0 Å². The molecule has 0 amide bonds. The highest BCUT2D eigenvalue weighted by molar-refractivity contribution is 6.02. The van der Waals surface area contributed by atoms with Crippen LogP contribution in [0.25, 0.3) is 0 Å². The quantitative estimate of drug-likeness (QED) is 0.115. The van der Waals surface area contributed by atoms with E-state index in [1.54, 1.807) is 0 Å². The average Bonchev–Trinajstić information content (AvgIpc) is 2.85. The first-order chi connectivity index (χ1) is 16.4. The molecule has 0 aliphatic carbocycles. The topological polar surface area (TPSA) is 52.6 Å². The van der Waals surface area contributed by atoms with Crippen LogP contribution in [0.4, 0.5) is 43.9 Å². The van der Waals surface area contributed by atoms with Crippen LogP contribution >= 0.6 is 0 Å². The van der Waals surface area contributed by atoms with Crippen molar-refractivity contribution in [2.45, 2.75) is 5.92 Å². The molecule has 3 aromatic carbocycles. The Balaban J connectivity index is 2.06. The second-order valence-corrected chi connectivity index (χ2v) is 6.48. The summed E-state index contributed by atoms with van der Waals surface area (Å²) in [5.74, 6) is -36.6. The van der Waals surface area contributed by atoms with E-state index >= 15 is 0 Å². The predicted octanol–water partition coefficient (Wildman–Crippen LogP) is 5.37. The summed E-state index contributed by atoms with van der Waals surface area (Å²) in [7, 11) is 0. The summed E-state index contributed by atoms with van der Waals surface area (Å²) in [4.78, 5) is 25.0. The maximum Gasteiger partial charge on any atom is 0.330 e. The Morgan fingerprint density at radius 3 is 1.09 bits per heavy atom. The number of hydrogen-bond donors (Lipinski definition) is 0. The van der Waals surface area contributed by atoms with Gasteiger partial charge in [-0.05, 0) is 5.56 Å². The maximum absolute atomic E-state index is 13.9. The van der Waals surface area contributed by atoms with E-state index in [0.717, 1.165) is 12.1 Å². The van der Waals surface area contributed by atoms with E-state index in [2.05, 4.69) is 9.47 Å². The lowest BCUT2D eigenvalue weighted by molar-refractivity contribution is -0.147. The van der Waals surface area contributed by atoms with Gasteiger partial charge in [-0.15, -0.1) is 0 Å². The molecule has 0 aliphatic rings. The van der Waals surface area contributed by atoms with Crippen LogP contribution in [0.15, 0.2) is 30.3 Å². The van der Waals surface area contributed by atoms with E-state index in [0.29, 0.717) is 0 Å². The minimum Gasteiger partial charge on any atom is -0.419 e. The number of rotatable bonds is 5. The molecular formula is C21H6F10O4. The molecule has 0 bridgehead atoms. The van der Waals surface area contributed by atoms with Gasteiger partial charge in [0.2, 0.25) is 69.7 Å². The molecule has 0 atom stereocenters. The smallest absolute Gasteiger partial charge is 0.330 e. The molecule has 0 heterocycles. The molecule has 35 heavy (non-hydrogen) atoms. The van der Waals surface area contributed by atoms with Gasteiger partial charge < -0.3 is 9.47 Å². The molecule has 0 fully saturated rings. The molecule has 0 aliphatic heterocycles. The van der Waals surface area contributed by atoms with Gasteiger partial charge in [0, 0.05) is 0 Å². The normalized spacial score (nSPS) is 11.1. The van der Waals surface area contributed by atoms with Crippen molar-refractivity contribution in [1.29, 1.82) is 0 Å². The van der Waals surface area contributed by atoms with Gasteiger partial charge >= 0.3 is 11.9 Å². The zero-order chi connectivity index (χ0) is 26.2. The van der Waals surface area contributed by atoms with Crippen LogP contribution in [0.3, 0.4) is 0 Å². The van der Waals surface area contributed by atoms with Crippen molar-refractivity contribution in [3.63, 3.8) is 0 Å². The third-order valence-electron chi connectivity index (χ3n) is 4.35. The molecule has 3 rings (SSSR count). The molecule has 0 aromatic heterocycles. The first-order valence-corrected chi connectivity index (χ1v) is 8.89. The Morgan fingerprint density at radius 2 is 0.771 bits per heavy atom. The van der Waals surface area contributed by atoms with Gasteiger partial charge in [0.05, 0.1) is 0 Å². The summed E-state index contributed by atoms with van der Waals surface area (Å²) in [5, 5.41) is 0. The molecule has 184 valence electrons.